The van der Waals surface area contributed by atoms with Crippen LogP contribution in [0.5, 0.6) is 0 Å². The monoisotopic (exact) mass is 349 g/mol. The normalized spacial score (nSPS) is 13.6. The third kappa shape index (κ3) is 3.98. The Morgan fingerprint density at radius 3 is 2.70 bits per heavy atom. The fraction of sp³-hybridized carbons (Fsp3) is 0.462. The maximum Gasteiger partial charge on any atom is 0.418 e. The number of hydrogen-bond donors (Lipinski definition) is 1. The van der Waals surface area contributed by atoms with Crippen LogP contribution in [-0.2, 0) is 12.7 Å². The first-order chi connectivity index (χ1) is 10.7. The van der Waals surface area contributed by atoms with Crippen LogP contribution in [0.3, 0.4) is 0 Å². The molecule has 1 heterocycles. The highest BCUT2D eigenvalue weighted by molar-refractivity contribution is 6.30. The van der Waals surface area contributed by atoms with Gasteiger partial charge in [-0.3, -0.25) is 4.90 Å². The summed E-state index contributed by atoms with van der Waals surface area (Å²) in [7, 11) is 1.71. The van der Waals surface area contributed by atoms with Crippen molar-refractivity contribution < 1.29 is 18.3 Å². The second kappa shape index (κ2) is 6.81. The molecule has 23 heavy (non-hydrogen) atoms. The third-order valence-corrected chi connectivity index (χ3v) is 3.67. The summed E-state index contributed by atoms with van der Waals surface area (Å²) >= 11 is 5.67. The van der Waals surface area contributed by atoms with Gasteiger partial charge in [0.25, 0.3) is 0 Å². The smallest absolute Gasteiger partial charge is 0.395 e. The van der Waals surface area contributed by atoms with Gasteiger partial charge in [-0.1, -0.05) is 11.6 Å². The number of rotatable bonds is 5. The summed E-state index contributed by atoms with van der Waals surface area (Å²) in [6, 6.07) is 3.22. The van der Waals surface area contributed by atoms with Gasteiger partial charge >= 0.3 is 6.18 Å². The van der Waals surface area contributed by atoms with Crippen molar-refractivity contribution >= 4 is 11.6 Å². The molecule has 10 heteroatoms. The molecule has 0 bridgehead atoms. The molecule has 0 spiro atoms. The second-order valence-electron chi connectivity index (χ2n) is 5.11. The molecule has 1 aromatic heterocycles. The summed E-state index contributed by atoms with van der Waals surface area (Å²) in [5, 5.41) is 20.0. The largest absolute Gasteiger partial charge is 0.418 e. The number of benzene rings is 1. The van der Waals surface area contributed by atoms with Crippen LogP contribution >= 0.6 is 11.6 Å². The van der Waals surface area contributed by atoms with E-state index in [1.165, 1.54) is 12.1 Å². The predicted octanol–water partition coefficient (Wildman–Crippen LogP) is 2.15. The van der Waals surface area contributed by atoms with Gasteiger partial charge in [-0.05, 0) is 42.6 Å². The Bertz CT molecular complexity index is 676. The van der Waals surface area contributed by atoms with E-state index in [0.29, 0.717) is 0 Å². The first-order valence-corrected chi connectivity index (χ1v) is 7.07. The van der Waals surface area contributed by atoms with E-state index in [-0.39, 0.29) is 35.7 Å². The molecule has 0 aliphatic heterocycles. The van der Waals surface area contributed by atoms with E-state index in [9.17, 15) is 13.2 Å². The number of aliphatic hydroxyl groups excluding tert-OH is 1. The Labute approximate surface area is 135 Å². The predicted molar refractivity (Wildman–Crippen MR) is 77.2 cm³/mol. The number of aromatic nitrogens is 4. The molecule has 0 saturated heterocycles. The van der Waals surface area contributed by atoms with Gasteiger partial charge in [-0.25, -0.2) is 0 Å². The fourth-order valence-corrected chi connectivity index (χ4v) is 2.10. The summed E-state index contributed by atoms with van der Waals surface area (Å²) < 4.78 is 40.7. The second-order valence-corrected chi connectivity index (χ2v) is 5.55. The molecule has 0 aliphatic carbocycles. The zero-order valence-electron chi connectivity index (χ0n) is 12.4. The standard InChI is InChI=1S/C13H15ClF3N5O/c1-8(7-23)21(2)6-12-18-19-20-22(12)11-4-3-9(14)5-10(11)13(15,16)17/h3-5,8,23H,6-7H2,1-2H3. The summed E-state index contributed by atoms with van der Waals surface area (Å²) in [6.45, 7) is 1.86. The molecular weight excluding hydrogens is 335 g/mol. The molecule has 0 amide bonds. The summed E-state index contributed by atoms with van der Waals surface area (Å²) in [5.74, 6) is 0.223. The lowest BCUT2D eigenvalue weighted by Gasteiger charge is -2.22. The minimum Gasteiger partial charge on any atom is -0.395 e. The molecule has 0 aliphatic rings. The zero-order chi connectivity index (χ0) is 17.2. The van der Waals surface area contributed by atoms with Crippen molar-refractivity contribution in [2.75, 3.05) is 13.7 Å². The first-order valence-electron chi connectivity index (χ1n) is 6.69. The molecule has 0 saturated carbocycles. The van der Waals surface area contributed by atoms with Crippen LogP contribution in [0.2, 0.25) is 5.02 Å². The molecule has 126 valence electrons. The molecule has 1 N–H and O–H groups in total. The Kier molecular flexibility index (Phi) is 5.23. The van der Waals surface area contributed by atoms with Crippen molar-refractivity contribution in [1.29, 1.82) is 0 Å². The van der Waals surface area contributed by atoms with Crippen LogP contribution in [0.1, 0.15) is 18.3 Å². The zero-order valence-corrected chi connectivity index (χ0v) is 13.2. The van der Waals surface area contributed by atoms with Crippen LogP contribution in [0.4, 0.5) is 13.2 Å². The topological polar surface area (TPSA) is 67.1 Å². The number of tetrazole rings is 1. The highest BCUT2D eigenvalue weighted by Gasteiger charge is 2.35. The minimum atomic E-state index is -4.59. The molecule has 1 atom stereocenters. The highest BCUT2D eigenvalue weighted by Crippen LogP contribution is 2.35. The van der Waals surface area contributed by atoms with E-state index >= 15 is 0 Å². The Morgan fingerprint density at radius 1 is 1.39 bits per heavy atom. The Morgan fingerprint density at radius 2 is 2.09 bits per heavy atom. The lowest BCUT2D eigenvalue weighted by Crippen LogP contribution is -2.32. The van der Waals surface area contributed by atoms with Crippen molar-refractivity contribution in [3.05, 3.63) is 34.6 Å². The van der Waals surface area contributed by atoms with E-state index in [0.717, 1.165) is 10.7 Å². The van der Waals surface area contributed by atoms with Crippen molar-refractivity contribution in [2.45, 2.75) is 25.7 Å². The fourth-order valence-electron chi connectivity index (χ4n) is 1.93. The van der Waals surface area contributed by atoms with Gasteiger partial charge in [-0.15, -0.1) is 5.10 Å². The number of nitrogens with zero attached hydrogens (tertiary/aromatic N) is 5. The summed E-state index contributed by atoms with van der Waals surface area (Å²) in [5.41, 5.74) is -1.12. The van der Waals surface area contributed by atoms with Crippen molar-refractivity contribution in [2.24, 2.45) is 0 Å². The Hall–Kier alpha value is -1.71. The van der Waals surface area contributed by atoms with Crippen LogP contribution in [0.25, 0.3) is 5.69 Å². The van der Waals surface area contributed by atoms with Gasteiger partial charge in [0.1, 0.15) is 0 Å². The van der Waals surface area contributed by atoms with E-state index in [4.69, 9.17) is 16.7 Å². The van der Waals surface area contributed by atoms with Gasteiger partial charge in [0.05, 0.1) is 24.4 Å². The number of hydrogen-bond acceptors (Lipinski definition) is 5. The van der Waals surface area contributed by atoms with Crippen molar-refractivity contribution in [1.82, 2.24) is 25.1 Å². The number of likely N-dealkylation sites (N-methyl/N-ethyl adjacent to an activating group) is 1. The van der Waals surface area contributed by atoms with Gasteiger partial charge in [0.15, 0.2) is 5.82 Å². The Balaban J connectivity index is 2.43. The van der Waals surface area contributed by atoms with Gasteiger partial charge < -0.3 is 5.11 Å². The van der Waals surface area contributed by atoms with E-state index < -0.39 is 11.7 Å². The van der Waals surface area contributed by atoms with Crippen molar-refractivity contribution in [3.63, 3.8) is 0 Å². The van der Waals surface area contributed by atoms with Crippen LogP contribution in [0.15, 0.2) is 18.2 Å². The summed E-state index contributed by atoms with van der Waals surface area (Å²) in [4.78, 5) is 1.73. The maximum absolute atomic E-state index is 13.2. The molecule has 1 aromatic carbocycles. The highest BCUT2D eigenvalue weighted by atomic mass is 35.5. The van der Waals surface area contributed by atoms with E-state index in [2.05, 4.69) is 15.5 Å². The quantitative estimate of drug-likeness (QED) is 0.896. The average molecular weight is 350 g/mol. The van der Waals surface area contributed by atoms with Gasteiger partial charge in [-0.2, -0.15) is 17.9 Å². The number of halogens is 4. The van der Waals surface area contributed by atoms with Crippen LogP contribution < -0.4 is 0 Å². The molecule has 6 nitrogen and oxygen atoms in total. The molecule has 1 unspecified atom stereocenters. The number of alkyl halides is 3. The molecule has 0 fully saturated rings. The van der Waals surface area contributed by atoms with Crippen molar-refractivity contribution in [3.8, 4) is 5.69 Å². The minimum absolute atomic E-state index is 0.0262. The van der Waals surface area contributed by atoms with Gasteiger partial charge in [0, 0.05) is 11.1 Å². The lowest BCUT2D eigenvalue weighted by molar-refractivity contribution is -0.137. The lowest BCUT2D eigenvalue weighted by atomic mass is 10.1. The van der Waals surface area contributed by atoms with Crippen LogP contribution in [-0.4, -0.2) is 49.9 Å². The average Bonchev–Trinajstić information content (AvgIpc) is 2.93. The third-order valence-electron chi connectivity index (χ3n) is 3.43. The molecule has 2 rings (SSSR count). The SMILES string of the molecule is CC(CO)N(C)Cc1nnnn1-c1ccc(Cl)cc1C(F)(F)F. The number of aliphatic hydroxyl groups is 1. The first kappa shape index (κ1) is 17.6. The molecule has 2 aromatic rings. The van der Waals surface area contributed by atoms with Gasteiger partial charge in [0.2, 0.25) is 0 Å². The van der Waals surface area contributed by atoms with E-state index in [1.807, 2.05) is 0 Å². The van der Waals surface area contributed by atoms with Crippen LogP contribution in [0, 0.1) is 0 Å². The molecule has 0 radical (unpaired) electrons. The summed E-state index contributed by atoms with van der Waals surface area (Å²) in [6.07, 6.45) is -4.59. The van der Waals surface area contributed by atoms with E-state index in [1.54, 1.807) is 18.9 Å². The maximum atomic E-state index is 13.2. The molecular formula is C13H15ClF3N5O.